The summed E-state index contributed by atoms with van der Waals surface area (Å²) in [6.45, 7) is 5.65. The van der Waals surface area contributed by atoms with Crippen LogP contribution in [0.4, 0.5) is 0 Å². The van der Waals surface area contributed by atoms with Crippen molar-refractivity contribution in [2.75, 3.05) is 13.2 Å². The SMILES string of the molecule is CC(C)CNC(=O)C[C@@H]1OCCc2ccsc21. The molecule has 0 aromatic carbocycles. The van der Waals surface area contributed by atoms with Crippen LogP contribution in [-0.2, 0) is 16.0 Å². The fourth-order valence-corrected chi connectivity index (χ4v) is 2.94. The number of carbonyl (C=O) groups excluding carboxylic acids is 1. The van der Waals surface area contributed by atoms with Gasteiger partial charge in [0.05, 0.1) is 13.0 Å². The van der Waals surface area contributed by atoms with Crippen LogP contribution in [0.15, 0.2) is 11.4 Å². The lowest BCUT2D eigenvalue weighted by Gasteiger charge is -2.22. The fraction of sp³-hybridized carbons (Fsp3) is 0.615. The van der Waals surface area contributed by atoms with E-state index in [-0.39, 0.29) is 12.0 Å². The molecule has 1 aromatic heterocycles. The summed E-state index contributed by atoms with van der Waals surface area (Å²) >= 11 is 1.69. The molecule has 0 spiro atoms. The Morgan fingerprint density at radius 1 is 1.65 bits per heavy atom. The second-order valence-electron chi connectivity index (χ2n) is 4.82. The Morgan fingerprint density at radius 2 is 2.47 bits per heavy atom. The van der Waals surface area contributed by atoms with Gasteiger partial charge in [0.25, 0.3) is 0 Å². The van der Waals surface area contributed by atoms with Gasteiger partial charge in [0, 0.05) is 11.4 Å². The standard InChI is InChI=1S/C13H19NO2S/c1-9(2)8-14-12(15)7-11-13-10(3-5-16-11)4-6-17-13/h4,6,9,11H,3,5,7-8H2,1-2H3,(H,14,15)/t11-/m0/s1. The first-order valence-electron chi connectivity index (χ1n) is 6.11. The van der Waals surface area contributed by atoms with E-state index in [1.54, 1.807) is 11.3 Å². The molecule has 0 saturated carbocycles. The zero-order valence-corrected chi connectivity index (χ0v) is 11.2. The number of rotatable bonds is 4. The van der Waals surface area contributed by atoms with Gasteiger partial charge in [-0.25, -0.2) is 0 Å². The average Bonchev–Trinajstić information content (AvgIpc) is 2.75. The number of nitrogens with one attached hydrogen (secondary N) is 1. The van der Waals surface area contributed by atoms with Crippen LogP contribution in [-0.4, -0.2) is 19.1 Å². The highest BCUT2D eigenvalue weighted by molar-refractivity contribution is 7.10. The highest BCUT2D eigenvalue weighted by atomic mass is 32.1. The van der Waals surface area contributed by atoms with E-state index in [1.165, 1.54) is 10.4 Å². The van der Waals surface area contributed by atoms with Gasteiger partial charge in [0.15, 0.2) is 0 Å². The molecule has 1 atom stereocenters. The van der Waals surface area contributed by atoms with E-state index >= 15 is 0 Å². The predicted octanol–water partition coefficient (Wildman–Crippen LogP) is 2.52. The lowest BCUT2D eigenvalue weighted by Crippen LogP contribution is -2.30. The molecule has 0 bridgehead atoms. The smallest absolute Gasteiger partial charge is 0.223 e. The monoisotopic (exact) mass is 253 g/mol. The van der Waals surface area contributed by atoms with Crippen molar-refractivity contribution >= 4 is 17.2 Å². The molecule has 94 valence electrons. The summed E-state index contributed by atoms with van der Waals surface area (Å²) in [7, 11) is 0. The molecule has 0 fully saturated rings. The summed E-state index contributed by atoms with van der Waals surface area (Å²) < 4.78 is 5.69. The number of ether oxygens (including phenoxy) is 1. The van der Waals surface area contributed by atoms with Crippen molar-refractivity contribution in [2.45, 2.75) is 32.8 Å². The Balaban J connectivity index is 1.90. The maximum Gasteiger partial charge on any atom is 0.223 e. The maximum atomic E-state index is 11.8. The molecule has 0 aliphatic carbocycles. The van der Waals surface area contributed by atoms with Gasteiger partial charge in [-0.2, -0.15) is 0 Å². The summed E-state index contributed by atoms with van der Waals surface area (Å²) in [6, 6.07) is 2.14. The molecule has 0 radical (unpaired) electrons. The molecule has 4 heteroatoms. The number of carbonyl (C=O) groups is 1. The summed E-state index contributed by atoms with van der Waals surface area (Å²) in [6.07, 6.45) is 1.38. The Labute approximate surface area is 106 Å². The molecule has 1 amide bonds. The minimum Gasteiger partial charge on any atom is -0.372 e. The Hall–Kier alpha value is -0.870. The number of fused-ring (bicyclic) bond motifs is 1. The third kappa shape index (κ3) is 3.30. The van der Waals surface area contributed by atoms with Crippen LogP contribution in [0.1, 0.15) is 36.8 Å². The second-order valence-corrected chi connectivity index (χ2v) is 5.77. The van der Waals surface area contributed by atoms with E-state index in [2.05, 4.69) is 30.6 Å². The maximum absolute atomic E-state index is 11.8. The minimum absolute atomic E-state index is 0.0362. The number of hydrogen-bond donors (Lipinski definition) is 1. The van der Waals surface area contributed by atoms with E-state index in [0.29, 0.717) is 12.3 Å². The van der Waals surface area contributed by atoms with Crippen LogP contribution >= 0.6 is 11.3 Å². The van der Waals surface area contributed by atoms with Gasteiger partial charge in [0.2, 0.25) is 5.91 Å². The number of hydrogen-bond acceptors (Lipinski definition) is 3. The van der Waals surface area contributed by atoms with Crippen LogP contribution in [0.2, 0.25) is 0 Å². The first kappa shape index (κ1) is 12.6. The van der Waals surface area contributed by atoms with Crippen molar-refractivity contribution < 1.29 is 9.53 Å². The summed E-state index contributed by atoms with van der Waals surface area (Å²) in [4.78, 5) is 13.0. The van der Waals surface area contributed by atoms with E-state index in [9.17, 15) is 4.79 Å². The average molecular weight is 253 g/mol. The van der Waals surface area contributed by atoms with Crippen LogP contribution in [0.25, 0.3) is 0 Å². The van der Waals surface area contributed by atoms with Gasteiger partial charge in [-0.3, -0.25) is 4.79 Å². The third-order valence-electron chi connectivity index (χ3n) is 2.84. The molecule has 1 aromatic rings. The predicted molar refractivity (Wildman–Crippen MR) is 69.2 cm³/mol. The minimum atomic E-state index is -0.0362. The van der Waals surface area contributed by atoms with Gasteiger partial charge < -0.3 is 10.1 Å². The molecular weight excluding hydrogens is 234 g/mol. The molecule has 1 aliphatic heterocycles. The first-order valence-corrected chi connectivity index (χ1v) is 6.99. The topological polar surface area (TPSA) is 38.3 Å². The van der Waals surface area contributed by atoms with Crippen molar-refractivity contribution in [1.82, 2.24) is 5.32 Å². The van der Waals surface area contributed by atoms with Crippen LogP contribution in [0, 0.1) is 5.92 Å². The summed E-state index contributed by atoms with van der Waals surface area (Å²) in [5.41, 5.74) is 1.35. The lowest BCUT2D eigenvalue weighted by molar-refractivity contribution is -0.124. The zero-order chi connectivity index (χ0) is 12.3. The zero-order valence-electron chi connectivity index (χ0n) is 10.4. The van der Waals surface area contributed by atoms with Crippen LogP contribution < -0.4 is 5.32 Å². The summed E-state index contributed by atoms with van der Waals surface area (Å²) in [5, 5.41) is 5.02. The second kappa shape index (κ2) is 5.65. The molecule has 2 heterocycles. The Morgan fingerprint density at radius 3 is 3.24 bits per heavy atom. The molecule has 1 N–H and O–H groups in total. The van der Waals surface area contributed by atoms with Crippen molar-refractivity contribution in [2.24, 2.45) is 5.92 Å². The van der Waals surface area contributed by atoms with Crippen molar-refractivity contribution in [3.8, 4) is 0 Å². The third-order valence-corrected chi connectivity index (χ3v) is 3.89. The lowest BCUT2D eigenvalue weighted by atomic mass is 10.1. The van der Waals surface area contributed by atoms with Gasteiger partial charge in [-0.05, 0) is 29.3 Å². The van der Waals surface area contributed by atoms with Crippen LogP contribution in [0.3, 0.4) is 0 Å². The van der Waals surface area contributed by atoms with Crippen molar-refractivity contribution in [3.05, 3.63) is 21.9 Å². The molecule has 3 nitrogen and oxygen atoms in total. The molecule has 17 heavy (non-hydrogen) atoms. The Bertz CT molecular complexity index is 387. The first-order chi connectivity index (χ1) is 8.16. The molecule has 1 aliphatic rings. The fourth-order valence-electron chi connectivity index (χ4n) is 1.93. The van der Waals surface area contributed by atoms with Gasteiger partial charge >= 0.3 is 0 Å². The molecule has 2 rings (SSSR count). The molecule has 0 saturated heterocycles. The van der Waals surface area contributed by atoms with E-state index in [0.717, 1.165) is 19.6 Å². The van der Waals surface area contributed by atoms with Crippen molar-refractivity contribution in [1.29, 1.82) is 0 Å². The quantitative estimate of drug-likeness (QED) is 0.895. The largest absolute Gasteiger partial charge is 0.372 e. The normalized spacial score (nSPS) is 19.1. The van der Waals surface area contributed by atoms with E-state index < -0.39 is 0 Å². The number of amides is 1. The number of thiophene rings is 1. The summed E-state index contributed by atoms with van der Waals surface area (Å²) in [5.74, 6) is 0.577. The highest BCUT2D eigenvalue weighted by Gasteiger charge is 2.24. The van der Waals surface area contributed by atoms with Gasteiger partial charge in [0.1, 0.15) is 6.10 Å². The van der Waals surface area contributed by atoms with Crippen LogP contribution in [0.5, 0.6) is 0 Å². The highest BCUT2D eigenvalue weighted by Crippen LogP contribution is 2.33. The van der Waals surface area contributed by atoms with E-state index in [4.69, 9.17) is 4.74 Å². The van der Waals surface area contributed by atoms with Gasteiger partial charge in [-0.1, -0.05) is 13.8 Å². The molecule has 0 unspecified atom stereocenters. The molecular formula is C13H19NO2S. The van der Waals surface area contributed by atoms with Crippen molar-refractivity contribution in [3.63, 3.8) is 0 Å². The van der Waals surface area contributed by atoms with E-state index in [1.807, 2.05) is 0 Å². The van der Waals surface area contributed by atoms with Gasteiger partial charge in [-0.15, -0.1) is 11.3 Å². The Kier molecular flexibility index (Phi) is 4.18.